The van der Waals surface area contributed by atoms with Gasteiger partial charge in [-0.05, 0) is 57.4 Å². The van der Waals surface area contributed by atoms with E-state index in [1.165, 1.54) is 12.8 Å². The lowest BCUT2D eigenvalue weighted by atomic mass is 9.80. The summed E-state index contributed by atoms with van der Waals surface area (Å²) in [6.07, 6.45) is 12.3. The number of terminal acetylenes is 1. The van der Waals surface area contributed by atoms with Crippen LogP contribution in [0, 0.1) is 31.1 Å². The Morgan fingerprint density at radius 3 is 2.64 bits per heavy atom. The number of hydrogen-bond acceptors (Lipinski definition) is 3. The van der Waals surface area contributed by atoms with E-state index in [2.05, 4.69) is 36.7 Å². The van der Waals surface area contributed by atoms with Crippen LogP contribution < -0.4 is 4.74 Å². The van der Waals surface area contributed by atoms with E-state index in [0.29, 0.717) is 11.4 Å². The smallest absolute Gasteiger partial charge is 0.230 e. The highest BCUT2D eigenvalue weighted by Crippen LogP contribution is 2.33. The molecule has 0 unspecified atom stereocenters. The second kappa shape index (κ2) is 8.89. The molecule has 1 aliphatic rings. The van der Waals surface area contributed by atoms with Crippen LogP contribution in [-0.4, -0.2) is 35.9 Å². The maximum atomic E-state index is 6.17. The summed E-state index contributed by atoms with van der Waals surface area (Å²) in [6, 6.07) is 1.90. The number of rotatable bonds is 6. The van der Waals surface area contributed by atoms with Gasteiger partial charge in [0.25, 0.3) is 0 Å². The van der Waals surface area contributed by atoms with Crippen LogP contribution in [0.25, 0.3) is 0 Å². The number of aliphatic imine (C=N–C) groups is 1. The van der Waals surface area contributed by atoms with E-state index in [4.69, 9.17) is 11.2 Å². The first-order valence-electron chi connectivity index (χ1n) is 9.33. The molecule has 1 fully saturated rings. The minimum atomic E-state index is 0.217. The fraction of sp³-hybridized carbons (Fsp3) is 0.619. The third-order valence-corrected chi connectivity index (χ3v) is 5.14. The predicted molar refractivity (Wildman–Crippen MR) is 105 cm³/mol. The van der Waals surface area contributed by atoms with E-state index < -0.39 is 0 Å². The quantitative estimate of drug-likeness (QED) is 0.432. The van der Waals surface area contributed by atoms with Crippen molar-refractivity contribution in [3.8, 4) is 18.2 Å². The van der Waals surface area contributed by atoms with E-state index >= 15 is 0 Å². The molecule has 1 aliphatic carbocycles. The van der Waals surface area contributed by atoms with Gasteiger partial charge in [0, 0.05) is 13.6 Å². The van der Waals surface area contributed by atoms with Gasteiger partial charge in [0.2, 0.25) is 5.88 Å². The van der Waals surface area contributed by atoms with Crippen LogP contribution in [-0.2, 0) is 0 Å². The average Bonchev–Trinajstić information content (AvgIpc) is 2.61. The second-order valence-corrected chi connectivity index (χ2v) is 7.31. The van der Waals surface area contributed by atoms with Crippen molar-refractivity contribution in [2.24, 2.45) is 16.8 Å². The highest BCUT2D eigenvalue weighted by Gasteiger charge is 2.25. The van der Waals surface area contributed by atoms with Crippen molar-refractivity contribution in [3.63, 3.8) is 0 Å². The predicted octanol–water partition coefficient (Wildman–Crippen LogP) is 4.58. The third-order valence-electron chi connectivity index (χ3n) is 5.14. The average molecular weight is 341 g/mol. The van der Waals surface area contributed by atoms with Crippen molar-refractivity contribution >= 4 is 12.0 Å². The summed E-state index contributed by atoms with van der Waals surface area (Å²) >= 11 is 0. The van der Waals surface area contributed by atoms with E-state index in [0.717, 1.165) is 42.6 Å². The summed E-state index contributed by atoms with van der Waals surface area (Å²) in [6.45, 7) is 9.54. The lowest BCUT2D eigenvalue weighted by molar-refractivity contribution is 0.112. The number of aryl methyl sites for hydroxylation is 1. The molecule has 0 aromatic carbocycles. The standard InChI is InChI=1S/C21H31N3O/c1-7-17-13-20(22-14-24(6)8-2)16(5)23-21(17)25-19-11-9-18(10-12-19)15(3)4/h1,13-15,18-19H,8-12H2,2-6H3/b22-14+/t18-,19-. The van der Waals surface area contributed by atoms with Crippen molar-refractivity contribution in [1.82, 2.24) is 9.88 Å². The summed E-state index contributed by atoms with van der Waals surface area (Å²) in [5.41, 5.74) is 2.32. The molecule has 0 aliphatic heterocycles. The van der Waals surface area contributed by atoms with Gasteiger partial charge in [-0.15, -0.1) is 6.42 Å². The Balaban J connectivity index is 2.10. The van der Waals surface area contributed by atoms with Crippen molar-refractivity contribution in [3.05, 3.63) is 17.3 Å². The van der Waals surface area contributed by atoms with Gasteiger partial charge in [-0.25, -0.2) is 9.98 Å². The molecule has 4 nitrogen and oxygen atoms in total. The molecule has 25 heavy (non-hydrogen) atoms. The molecule has 0 radical (unpaired) electrons. The number of hydrogen-bond donors (Lipinski definition) is 0. The largest absolute Gasteiger partial charge is 0.473 e. The van der Waals surface area contributed by atoms with Gasteiger partial charge in [-0.2, -0.15) is 0 Å². The second-order valence-electron chi connectivity index (χ2n) is 7.31. The lowest BCUT2D eigenvalue weighted by Crippen LogP contribution is -2.26. The monoisotopic (exact) mass is 341 g/mol. The molecular weight excluding hydrogens is 310 g/mol. The van der Waals surface area contributed by atoms with Crippen LogP contribution in [0.5, 0.6) is 5.88 Å². The zero-order chi connectivity index (χ0) is 18.4. The van der Waals surface area contributed by atoms with Crippen molar-refractivity contribution in [1.29, 1.82) is 0 Å². The van der Waals surface area contributed by atoms with Gasteiger partial charge in [-0.1, -0.05) is 19.8 Å². The molecule has 0 N–H and O–H groups in total. The van der Waals surface area contributed by atoms with E-state index in [9.17, 15) is 0 Å². The highest BCUT2D eigenvalue weighted by molar-refractivity contribution is 5.64. The van der Waals surface area contributed by atoms with Gasteiger partial charge < -0.3 is 9.64 Å². The van der Waals surface area contributed by atoms with Crippen LogP contribution in [0.15, 0.2) is 11.1 Å². The first-order valence-corrected chi connectivity index (χ1v) is 9.33. The summed E-state index contributed by atoms with van der Waals surface area (Å²) < 4.78 is 6.17. The molecule has 1 heterocycles. The van der Waals surface area contributed by atoms with Crippen molar-refractivity contribution < 1.29 is 4.74 Å². The Kier molecular flexibility index (Phi) is 6.87. The first-order chi connectivity index (χ1) is 11.9. The molecule has 1 aromatic rings. The molecule has 2 rings (SSSR count). The number of nitrogens with zero attached hydrogens (tertiary/aromatic N) is 3. The van der Waals surface area contributed by atoms with E-state index in [1.807, 2.05) is 24.9 Å². The molecular formula is C21H31N3O. The third kappa shape index (κ3) is 5.22. The van der Waals surface area contributed by atoms with Crippen LogP contribution >= 0.6 is 0 Å². The fourth-order valence-electron chi connectivity index (χ4n) is 3.17. The minimum absolute atomic E-state index is 0.217. The van der Waals surface area contributed by atoms with Crippen molar-refractivity contribution in [2.75, 3.05) is 13.6 Å². The Morgan fingerprint density at radius 2 is 2.08 bits per heavy atom. The van der Waals surface area contributed by atoms with Gasteiger partial charge in [-0.3, -0.25) is 0 Å². The topological polar surface area (TPSA) is 37.7 Å². The van der Waals surface area contributed by atoms with Crippen LogP contribution in [0.4, 0.5) is 5.69 Å². The molecule has 0 saturated heterocycles. The van der Waals surface area contributed by atoms with Crippen LogP contribution in [0.1, 0.15) is 57.7 Å². The zero-order valence-electron chi connectivity index (χ0n) is 16.2. The summed E-state index contributed by atoms with van der Waals surface area (Å²) in [7, 11) is 1.99. The normalized spacial score (nSPS) is 20.7. The molecule has 1 aromatic heterocycles. The Hall–Kier alpha value is -2.02. The molecule has 136 valence electrons. The summed E-state index contributed by atoms with van der Waals surface area (Å²) in [4.78, 5) is 11.1. The van der Waals surface area contributed by atoms with Gasteiger partial charge in [0.15, 0.2) is 0 Å². The van der Waals surface area contributed by atoms with E-state index in [-0.39, 0.29) is 6.10 Å². The number of ether oxygens (including phenoxy) is 1. The molecule has 0 bridgehead atoms. The fourth-order valence-corrected chi connectivity index (χ4v) is 3.17. The van der Waals surface area contributed by atoms with Crippen LogP contribution in [0.3, 0.4) is 0 Å². The van der Waals surface area contributed by atoms with E-state index in [1.54, 1.807) is 6.34 Å². The van der Waals surface area contributed by atoms with Crippen LogP contribution in [0.2, 0.25) is 0 Å². The minimum Gasteiger partial charge on any atom is -0.473 e. The molecule has 0 amide bonds. The molecule has 0 atom stereocenters. The first kappa shape index (κ1) is 19.3. The maximum absolute atomic E-state index is 6.17. The summed E-state index contributed by atoms with van der Waals surface area (Å²) in [5, 5.41) is 0. The van der Waals surface area contributed by atoms with Gasteiger partial charge >= 0.3 is 0 Å². The Morgan fingerprint density at radius 1 is 1.40 bits per heavy atom. The van der Waals surface area contributed by atoms with Gasteiger partial charge in [0.1, 0.15) is 6.10 Å². The number of aromatic nitrogens is 1. The summed E-state index contributed by atoms with van der Waals surface area (Å²) in [5.74, 6) is 4.85. The number of pyridine rings is 1. The van der Waals surface area contributed by atoms with Crippen molar-refractivity contribution in [2.45, 2.75) is 59.5 Å². The SMILES string of the molecule is C#Cc1cc(/N=C/N(C)CC)c(C)nc1O[C@H]1CC[C@H](C(C)C)CC1. The highest BCUT2D eigenvalue weighted by atomic mass is 16.5. The maximum Gasteiger partial charge on any atom is 0.230 e. The Bertz CT molecular complexity index is 637. The molecule has 4 heteroatoms. The Labute approximate surface area is 152 Å². The van der Waals surface area contributed by atoms with Gasteiger partial charge in [0.05, 0.1) is 23.3 Å². The lowest BCUT2D eigenvalue weighted by Gasteiger charge is -2.31. The molecule has 0 spiro atoms. The molecule has 1 saturated carbocycles. The zero-order valence-corrected chi connectivity index (χ0v) is 16.2.